The summed E-state index contributed by atoms with van der Waals surface area (Å²) in [5, 5.41) is 37.5. The Balaban J connectivity index is 0.00000341. The molecule has 0 bridgehead atoms. The number of fused-ring (bicyclic) bond motifs is 1. The van der Waals surface area contributed by atoms with E-state index in [4.69, 9.17) is 10.8 Å². The first kappa shape index (κ1) is 26.1. The third-order valence-corrected chi connectivity index (χ3v) is 7.71. The van der Waals surface area contributed by atoms with Crippen molar-refractivity contribution in [2.75, 3.05) is 11.5 Å². The molecular weight excluding hydrogens is 477 g/mol. The molecule has 4 N–H and O–H groups in total. The third-order valence-electron chi connectivity index (χ3n) is 4.44. The summed E-state index contributed by atoms with van der Waals surface area (Å²) in [6.45, 7) is 0. The maximum atomic E-state index is 12.5. The molecule has 2 aliphatic rings. The Kier molecular flexibility index (Phi) is 9.79. The Morgan fingerprint density at radius 1 is 1.45 bits per heavy atom. The van der Waals surface area contributed by atoms with E-state index >= 15 is 0 Å². The standard InChI is InChI=1S/C16H19N5O6S3.Na/c17-8(14(24)25)2-1-3-9(22)19-10-12(23)21-11(15(26)27)7(4-28-13(10)21)5-29-16-20-18-6-30-16;/h6,8,10,13H,1-5,17H2,(H,19,22)(H,24,25)(H,26,27);/q;+1/p-1. The SMILES string of the molecule is NC(CCCC([O-])=NC1C(=O)N2C(C(=O)O)=C(CSc3nncs3)CSC12)C(=O)O.[Na+]. The van der Waals surface area contributed by atoms with E-state index in [1.807, 2.05) is 0 Å². The number of hydrogen-bond donors (Lipinski definition) is 3. The van der Waals surface area contributed by atoms with Gasteiger partial charge in [0.05, 0.1) is 0 Å². The number of rotatable bonds is 10. The maximum absolute atomic E-state index is 12.5. The predicted octanol–water partition coefficient (Wildman–Crippen LogP) is -3.40. The summed E-state index contributed by atoms with van der Waals surface area (Å²) in [5.74, 6) is -2.63. The first-order chi connectivity index (χ1) is 14.3. The van der Waals surface area contributed by atoms with Gasteiger partial charge in [0.15, 0.2) is 10.4 Å². The van der Waals surface area contributed by atoms with Crippen molar-refractivity contribution in [3.05, 3.63) is 16.8 Å². The molecule has 1 saturated heterocycles. The predicted molar refractivity (Wildman–Crippen MR) is 109 cm³/mol. The number of aliphatic carboxylic acids is 2. The van der Waals surface area contributed by atoms with E-state index in [1.165, 1.54) is 39.8 Å². The van der Waals surface area contributed by atoms with E-state index < -0.39 is 41.2 Å². The summed E-state index contributed by atoms with van der Waals surface area (Å²) >= 11 is 4.06. The molecule has 3 unspecified atom stereocenters. The summed E-state index contributed by atoms with van der Waals surface area (Å²) in [7, 11) is 0. The van der Waals surface area contributed by atoms with Crippen molar-refractivity contribution in [3.63, 3.8) is 0 Å². The Labute approximate surface area is 211 Å². The number of aliphatic imine (C=N–C) groups is 1. The monoisotopic (exact) mass is 495 g/mol. The zero-order valence-electron chi connectivity index (χ0n) is 16.5. The molecule has 15 heteroatoms. The van der Waals surface area contributed by atoms with Crippen molar-refractivity contribution in [1.82, 2.24) is 15.1 Å². The van der Waals surface area contributed by atoms with Gasteiger partial charge in [0, 0.05) is 11.5 Å². The number of hydrogen-bond acceptors (Lipinski definition) is 11. The molecule has 0 aliphatic carbocycles. The molecule has 11 nitrogen and oxygen atoms in total. The topological polar surface area (TPSA) is 182 Å². The zero-order chi connectivity index (χ0) is 21.8. The molecular formula is C16H18N5NaO6S3. The average Bonchev–Trinajstić information content (AvgIpc) is 3.22. The molecule has 31 heavy (non-hydrogen) atoms. The number of carboxylic acid groups (broad SMARTS) is 2. The van der Waals surface area contributed by atoms with Gasteiger partial charge in [-0.05, 0) is 30.7 Å². The molecule has 0 saturated carbocycles. The largest absolute Gasteiger partial charge is 1.00 e. The molecule has 3 heterocycles. The third kappa shape index (κ3) is 6.21. The molecule has 0 radical (unpaired) electrons. The van der Waals surface area contributed by atoms with Gasteiger partial charge in [0.1, 0.15) is 22.6 Å². The number of amides is 1. The van der Waals surface area contributed by atoms with Gasteiger partial charge in [-0.3, -0.25) is 19.5 Å². The summed E-state index contributed by atoms with van der Waals surface area (Å²) in [6.07, 6.45) is 0.347. The molecule has 3 atom stereocenters. The maximum Gasteiger partial charge on any atom is 1.00 e. The van der Waals surface area contributed by atoms with Gasteiger partial charge in [-0.25, -0.2) is 4.79 Å². The van der Waals surface area contributed by atoms with Crippen LogP contribution in [0.5, 0.6) is 0 Å². The normalized spacial score (nSPS) is 21.8. The fourth-order valence-electron chi connectivity index (χ4n) is 2.95. The number of nitrogens with zero attached hydrogens (tertiary/aromatic N) is 4. The van der Waals surface area contributed by atoms with Crippen LogP contribution >= 0.6 is 34.9 Å². The average molecular weight is 496 g/mol. The second-order valence-electron chi connectivity index (χ2n) is 6.47. The number of carbonyl (C=O) groups is 3. The van der Waals surface area contributed by atoms with Crippen LogP contribution in [0, 0.1) is 0 Å². The zero-order valence-corrected chi connectivity index (χ0v) is 20.9. The number of carboxylic acids is 2. The van der Waals surface area contributed by atoms with Gasteiger partial charge in [-0.2, -0.15) is 0 Å². The van der Waals surface area contributed by atoms with Crippen molar-refractivity contribution in [1.29, 1.82) is 0 Å². The Morgan fingerprint density at radius 3 is 2.81 bits per heavy atom. The van der Waals surface area contributed by atoms with Crippen molar-refractivity contribution >= 4 is 58.6 Å². The van der Waals surface area contributed by atoms with Crippen molar-refractivity contribution in [2.24, 2.45) is 10.7 Å². The summed E-state index contributed by atoms with van der Waals surface area (Å²) < 4.78 is 0.704. The van der Waals surface area contributed by atoms with Gasteiger partial charge in [-0.1, -0.05) is 23.1 Å². The quantitative estimate of drug-likeness (QED) is 0.0967. The van der Waals surface area contributed by atoms with E-state index in [-0.39, 0.29) is 54.5 Å². The Morgan fingerprint density at radius 2 is 2.19 bits per heavy atom. The second-order valence-corrected chi connectivity index (χ2v) is 9.63. The number of nitrogens with two attached hydrogens (primary N) is 1. The van der Waals surface area contributed by atoms with Gasteiger partial charge in [0.25, 0.3) is 5.91 Å². The first-order valence-corrected chi connectivity index (χ1v) is 11.7. The molecule has 1 amide bonds. The molecule has 1 aromatic rings. The Hall–Kier alpha value is -1.16. The minimum Gasteiger partial charge on any atom is -0.862 e. The number of carbonyl (C=O) groups excluding carboxylic acids is 1. The number of thioether (sulfide) groups is 2. The van der Waals surface area contributed by atoms with Crippen LogP contribution in [0.3, 0.4) is 0 Å². The van der Waals surface area contributed by atoms with Crippen LogP contribution in [0.4, 0.5) is 0 Å². The van der Waals surface area contributed by atoms with E-state index in [2.05, 4.69) is 15.2 Å². The molecule has 0 aromatic carbocycles. The minimum absolute atomic E-state index is 0. The van der Waals surface area contributed by atoms with Gasteiger partial charge in [0.2, 0.25) is 0 Å². The van der Waals surface area contributed by atoms with Crippen molar-refractivity contribution in [2.45, 2.75) is 41.1 Å². The summed E-state index contributed by atoms with van der Waals surface area (Å²) in [4.78, 5) is 40.1. The van der Waals surface area contributed by atoms with Crippen molar-refractivity contribution in [3.8, 4) is 0 Å². The molecule has 0 spiro atoms. The molecule has 1 fully saturated rings. The number of β-lactam (4-membered cyclic amide) rings is 1. The van der Waals surface area contributed by atoms with Crippen LogP contribution < -0.4 is 40.4 Å². The van der Waals surface area contributed by atoms with Gasteiger partial charge in [-0.15, -0.1) is 22.0 Å². The van der Waals surface area contributed by atoms with Crippen LogP contribution in [0.15, 0.2) is 26.1 Å². The smallest absolute Gasteiger partial charge is 0.862 e. The van der Waals surface area contributed by atoms with Crippen LogP contribution in [-0.4, -0.2) is 78.0 Å². The Bertz CT molecular complexity index is 896. The molecule has 2 aliphatic heterocycles. The molecule has 3 rings (SSSR count). The van der Waals surface area contributed by atoms with Crippen LogP contribution in [-0.2, 0) is 14.4 Å². The van der Waals surface area contributed by atoms with Gasteiger partial charge < -0.3 is 21.1 Å². The van der Waals surface area contributed by atoms with Crippen LogP contribution in [0.1, 0.15) is 19.3 Å². The fourth-order valence-corrected chi connectivity index (χ4v) is 5.91. The van der Waals surface area contributed by atoms with Crippen LogP contribution in [0.25, 0.3) is 0 Å². The summed E-state index contributed by atoms with van der Waals surface area (Å²) in [5.41, 5.74) is 7.51. The molecule has 1 aromatic heterocycles. The van der Waals surface area contributed by atoms with Gasteiger partial charge >= 0.3 is 41.5 Å². The van der Waals surface area contributed by atoms with E-state index in [1.54, 1.807) is 5.51 Å². The van der Waals surface area contributed by atoms with Crippen LogP contribution in [0.2, 0.25) is 0 Å². The summed E-state index contributed by atoms with van der Waals surface area (Å²) in [6, 6.07) is -1.98. The molecule has 162 valence electrons. The fraction of sp³-hybridized carbons (Fsp3) is 0.500. The van der Waals surface area contributed by atoms with E-state index in [0.29, 0.717) is 21.4 Å². The first-order valence-electron chi connectivity index (χ1n) is 8.80. The van der Waals surface area contributed by atoms with E-state index in [0.717, 1.165) is 0 Å². The van der Waals surface area contributed by atoms with Crippen molar-refractivity contribution < 1.29 is 59.3 Å². The minimum atomic E-state index is -1.20. The second kappa shape index (κ2) is 11.6. The number of aromatic nitrogens is 2. The van der Waals surface area contributed by atoms with E-state index in [9.17, 15) is 24.6 Å².